The SMILES string of the molecule is O=C(P)CCCCCCC(=O)P. The molecular weight excluding hydrogens is 190 g/mol. The number of unbranched alkanes of at least 4 members (excludes halogenated alkanes) is 3. The summed E-state index contributed by atoms with van der Waals surface area (Å²) >= 11 is 0. The summed E-state index contributed by atoms with van der Waals surface area (Å²) in [6.45, 7) is 0. The van der Waals surface area contributed by atoms with Crippen LogP contribution < -0.4 is 0 Å². The lowest BCUT2D eigenvalue weighted by Gasteiger charge is -1.97. The van der Waals surface area contributed by atoms with Crippen molar-refractivity contribution < 1.29 is 9.59 Å². The maximum atomic E-state index is 10.5. The van der Waals surface area contributed by atoms with Crippen molar-refractivity contribution in [1.82, 2.24) is 0 Å². The van der Waals surface area contributed by atoms with Gasteiger partial charge in [0.2, 0.25) is 0 Å². The van der Waals surface area contributed by atoms with Crippen molar-refractivity contribution in [3.63, 3.8) is 0 Å². The molecule has 0 amide bonds. The molecule has 2 nitrogen and oxygen atoms in total. The number of carbonyl (C=O) groups is 2. The van der Waals surface area contributed by atoms with Gasteiger partial charge in [0.1, 0.15) is 11.0 Å². The summed E-state index contributed by atoms with van der Waals surface area (Å²) in [5.74, 6) is 0. The molecule has 0 fully saturated rings. The van der Waals surface area contributed by atoms with Gasteiger partial charge < -0.3 is 0 Å². The smallest absolute Gasteiger partial charge is 0.148 e. The van der Waals surface area contributed by atoms with Gasteiger partial charge in [-0.2, -0.15) is 0 Å². The topological polar surface area (TPSA) is 34.1 Å². The maximum absolute atomic E-state index is 10.5. The predicted octanol–water partition coefficient (Wildman–Crippen LogP) is 2.13. The van der Waals surface area contributed by atoms with Crippen LogP contribution in [0.5, 0.6) is 0 Å². The zero-order valence-corrected chi connectivity index (χ0v) is 9.52. The molecule has 0 spiro atoms. The van der Waals surface area contributed by atoms with Crippen molar-refractivity contribution in [3.8, 4) is 0 Å². The molecule has 2 unspecified atom stereocenters. The number of rotatable bonds is 7. The first-order chi connectivity index (χ1) is 5.63. The van der Waals surface area contributed by atoms with Crippen LogP contribution in [0.4, 0.5) is 0 Å². The third-order valence-electron chi connectivity index (χ3n) is 1.60. The molecule has 0 heterocycles. The number of hydrogen-bond acceptors (Lipinski definition) is 2. The molecule has 0 aromatic rings. The average Bonchev–Trinajstić information content (AvgIpc) is 1.95. The average molecular weight is 206 g/mol. The summed E-state index contributed by atoms with van der Waals surface area (Å²) < 4.78 is 0. The Morgan fingerprint density at radius 1 is 0.750 bits per heavy atom. The first-order valence-electron chi connectivity index (χ1n) is 4.19. The van der Waals surface area contributed by atoms with E-state index in [1.54, 1.807) is 0 Å². The molecule has 0 aromatic heterocycles. The van der Waals surface area contributed by atoms with Crippen molar-refractivity contribution in [1.29, 1.82) is 0 Å². The van der Waals surface area contributed by atoms with Gasteiger partial charge in [-0.1, -0.05) is 31.3 Å². The van der Waals surface area contributed by atoms with E-state index in [1.807, 2.05) is 0 Å². The van der Waals surface area contributed by atoms with E-state index in [2.05, 4.69) is 18.5 Å². The maximum Gasteiger partial charge on any atom is 0.148 e. The van der Waals surface area contributed by atoms with Gasteiger partial charge in [-0.05, 0) is 12.8 Å². The zero-order chi connectivity index (χ0) is 9.40. The van der Waals surface area contributed by atoms with Crippen LogP contribution in [0.25, 0.3) is 0 Å². The molecule has 0 rings (SSSR count). The van der Waals surface area contributed by atoms with Crippen molar-refractivity contribution in [2.75, 3.05) is 0 Å². The minimum Gasteiger partial charge on any atom is -0.295 e. The summed E-state index contributed by atoms with van der Waals surface area (Å²) in [6, 6.07) is 0. The largest absolute Gasteiger partial charge is 0.295 e. The molecule has 0 N–H and O–H groups in total. The Hall–Kier alpha value is 0.200. The first kappa shape index (κ1) is 12.2. The normalized spacial score (nSPS) is 9.83. The number of carbonyl (C=O) groups excluding carboxylic acids is 2. The molecule has 12 heavy (non-hydrogen) atoms. The van der Waals surface area contributed by atoms with E-state index >= 15 is 0 Å². The van der Waals surface area contributed by atoms with Crippen LogP contribution in [0.3, 0.4) is 0 Å². The van der Waals surface area contributed by atoms with E-state index < -0.39 is 0 Å². The molecule has 0 aliphatic heterocycles. The lowest BCUT2D eigenvalue weighted by atomic mass is 10.1. The molecule has 0 radical (unpaired) electrons. The van der Waals surface area contributed by atoms with E-state index in [0.29, 0.717) is 12.8 Å². The molecule has 0 saturated carbocycles. The summed E-state index contributed by atoms with van der Waals surface area (Å²) in [5, 5.41) is 0. The molecule has 70 valence electrons. The van der Waals surface area contributed by atoms with Crippen LogP contribution in [0, 0.1) is 0 Å². The van der Waals surface area contributed by atoms with Crippen LogP contribution in [0.15, 0.2) is 0 Å². The van der Waals surface area contributed by atoms with Gasteiger partial charge in [-0.3, -0.25) is 9.59 Å². The molecule has 4 heteroatoms. The van der Waals surface area contributed by atoms with Crippen molar-refractivity contribution in [2.24, 2.45) is 0 Å². The van der Waals surface area contributed by atoms with Crippen LogP contribution in [0.1, 0.15) is 38.5 Å². The fourth-order valence-electron chi connectivity index (χ4n) is 0.952. The fourth-order valence-corrected chi connectivity index (χ4v) is 1.36. The standard InChI is InChI=1S/C8H16O2P2/c9-7(11)5-3-1-2-4-6-8(10)12/h1-6,11-12H2. The van der Waals surface area contributed by atoms with Gasteiger partial charge in [0.25, 0.3) is 0 Å². The summed E-state index contributed by atoms with van der Waals surface area (Å²) in [5.41, 5.74) is 0.356. The third-order valence-corrected chi connectivity index (χ3v) is 2.17. The summed E-state index contributed by atoms with van der Waals surface area (Å²) in [4.78, 5) is 21.0. The van der Waals surface area contributed by atoms with Crippen LogP contribution in [0.2, 0.25) is 0 Å². The minimum absolute atomic E-state index is 0.178. The lowest BCUT2D eigenvalue weighted by molar-refractivity contribution is -0.112. The Bertz CT molecular complexity index is 139. The van der Waals surface area contributed by atoms with Gasteiger partial charge in [0, 0.05) is 12.8 Å². The molecule has 0 aliphatic rings. The first-order valence-corrected chi connectivity index (χ1v) is 5.35. The highest BCUT2D eigenvalue weighted by molar-refractivity contribution is 7.40. The Balaban J connectivity index is 3.01. The summed E-state index contributed by atoms with van der Waals surface area (Å²) in [6.07, 6.45) is 5.32. The number of hydrogen-bond donors (Lipinski definition) is 0. The quantitative estimate of drug-likeness (QED) is 0.472. The highest BCUT2D eigenvalue weighted by Gasteiger charge is 1.95. The molecule has 0 aliphatic carbocycles. The van der Waals surface area contributed by atoms with Gasteiger partial charge in [0.05, 0.1) is 0 Å². The van der Waals surface area contributed by atoms with Crippen molar-refractivity contribution in [2.45, 2.75) is 38.5 Å². The fraction of sp³-hybridized carbons (Fsp3) is 0.750. The van der Waals surface area contributed by atoms with Crippen molar-refractivity contribution in [3.05, 3.63) is 0 Å². The molecule has 2 atom stereocenters. The summed E-state index contributed by atoms with van der Waals surface area (Å²) in [7, 11) is 4.35. The van der Waals surface area contributed by atoms with Gasteiger partial charge in [-0.25, -0.2) is 0 Å². The monoisotopic (exact) mass is 206 g/mol. The van der Waals surface area contributed by atoms with Crippen LogP contribution in [-0.4, -0.2) is 11.0 Å². The van der Waals surface area contributed by atoms with E-state index in [4.69, 9.17) is 0 Å². The minimum atomic E-state index is 0.178. The highest BCUT2D eigenvalue weighted by Crippen LogP contribution is 2.08. The second-order valence-electron chi connectivity index (χ2n) is 2.85. The lowest BCUT2D eigenvalue weighted by Crippen LogP contribution is -1.88. The zero-order valence-electron chi connectivity index (χ0n) is 7.21. The van der Waals surface area contributed by atoms with E-state index in [1.165, 1.54) is 0 Å². The van der Waals surface area contributed by atoms with Gasteiger partial charge in [-0.15, -0.1) is 0 Å². The molecule has 0 bridgehead atoms. The van der Waals surface area contributed by atoms with E-state index in [0.717, 1.165) is 25.7 Å². The second-order valence-corrected chi connectivity index (χ2v) is 4.13. The third kappa shape index (κ3) is 10.2. The second kappa shape index (κ2) is 7.83. The molecular formula is C8H16O2P2. The van der Waals surface area contributed by atoms with Crippen molar-refractivity contribution >= 4 is 29.5 Å². The Labute approximate surface area is 78.3 Å². The molecule has 0 saturated heterocycles. The predicted molar refractivity (Wildman–Crippen MR) is 57.1 cm³/mol. The van der Waals surface area contributed by atoms with E-state index in [9.17, 15) is 9.59 Å². The Kier molecular flexibility index (Phi) is 7.96. The highest BCUT2D eigenvalue weighted by atomic mass is 31.0. The van der Waals surface area contributed by atoms with E-state index in [-0.39, 0.29) is 11.0 Å². The Morgan fingerprint density at radius 3 is 1.33 bits per heavy atom. The van der Waals surface area contributed by atoms with Gasteiger partial charge in [0.15, 0.2) is 0 Å². The molecule has 0 aromatic carbocycles. The Morgan fingerprint density at radius 2 is 1.08 bits per heavy atom. The van der Waals surface area contributed by atoms with Gasteiger partial charge >= 0.3 is 0 Å². The van der Waals surface area contributed by atoms with Crippen LogP contribution in [-0.2, 0) is 9.59 Å². The van der Waals surface area contributed by atoms with Crippen LogP contribution >= 0.6 is 18.5 Å².